The molecule has 0 heterocycles. The zero-order chi connectivity index (χ0) is 27.9. The van der Waals surface area contributed by atoms with Gasteiger partial charge in [-0.3, -0.25) is 4.79 Å². The van der Waals surface area contributed by atoms with Crippen LogP contribution in [-0.4, -0.2) is 27.4 Å². The molecule has 0 amide bonds. The van der Waals surface area contributed by atoms with E-state index in [9.17, 15) is 15.0 Å². The molecule has 0 saturated carbocycles. The molecule has 4 nitrogen and oxygen atoms in total. The third kappa shape index (κ3) is 29.7. The van der Waals surface area contributed by atoms with Crippen molar-refractivity contribution >= 4 is 5.97 Å². The maximum absolute atomic E-state index is 10.5. The Bertz CT molecular complexity index is 763. The molecule has 0 spiro atoms. The van der Waals surface area contributed by atoms with Crippen molar-refractivity contribution in [1.29, 1.82) is 0 Å². The second-order valence-corrected chi connectivity index (χ2v) is 9.77. The standard InChI is InChI=1S/C34H54O4/c1-2-3-22-27-32(35)29-24-20-21-25-30-33(36)28-23-18-16-14-12-10-8-6-4-5-7-9-11-13-15-17-19-26-31-34(37)38/h3,12,14,18,20-25,29,32,35-36H,2,4-11,13,15-17,19,26-28,31H2,1H3,(H,37,38)/b14-12-,21-20+,22-3-,23-18-,29-24-/t30?,32-/m0/s1. The number of carbonyl (C=O) groups is 1. The fourth-order valence-corrected chi connectivity index (χ4v) is 3.89. The van der Waals surface area contributed by atoms with E-state index in [1.807, 2.05) is 24.3 Å². The molecule has 0 unspecified atom stereocenters. The van der Waals surface area contributed by atoms with Crippen LogP contribution in [-0.2, 0) is 4.79 Å². The predicted octanol–water partition coefficient (Wildman–Crippen LogP) is 9.85. The maximum Gasteiger partial charge on any atom is 0.303 e. The molecule has 0 aliphatic carbocycles. The summed E-state index contributed by atoms with van der Waals surface area (Å²) < 4.78 is 0. The molecule has 0 rings (SSSR count). The van der Waals surface area contributed by atoms with E-state index in [1.54, 1.807) is 24.3 Å². The smallest absolute Gasteiger partial charge is 0.303 e. The van der Waals surface area contributed by atoms with E-state index in [2.05, 4.69) is 30.9 Å². The van der Waals surface area contributed by atoms with E-state index in [4.69, 9.17) is 5.11 Å². The van der Waals surface area contributed by atoms with E-state index in [0.29, 0.717) is 19.3 Å². The number of unbranched alkanes of at least 4 members (excludes halogenated alkanes) is 12. The number of hydrogen-bond acceptors (Lipinski definition) is 3. The van der Waals surface area contributed by atoms with Crippen molar-refractivity contribution in [2.45, 2.75) is 129 Å². The van der Waals surface area contributed by atoms with Crippen LogP contribution >= 0.6 is 0 Å². The van der Waals surface area contributed by atoms with Gasteiger partial charge < -0.3 is 15.3 Å². The quantitative estimate of drug-likeness (QED) is 0.0364. The minimum Gasteiger partial charge on any atom is -0.504 e. The van der Waals surface area contributed by atoms with Gasteiger partial charge in [0.1, 0.15) is 5.76 Å². The highest BCUT2D eigenvalue weighted by atomic mass is 16.4. The first-order chi connectivity index (χ1) is 18.6. The van der Waals surface area contributed by atoms with Gasteiger partial charge in [0.25, 0.3) is 0 Å². The number of aliphatic hydroxyl groups is 2. The summed E-state index contributed by atoms with van der Waals surface area (Å²) in [7, 11) is 0. The van der Waals surface area contributed by atoms with Gasteiger partial charge >= 0.3 is 5.97 Å². The number of allylic oxidation sites excluding steroid dienone is 8. The Labute approximate surface area is 232 Å². The fraction of sp³-hybridized carbons (Fsp3) is 0.588. The summed E-state index contributed by atoms with van der Waals surface area (Å²) in [5.74, 6) is -0.469. The van der Waals surface area contributed by atoms with E-state index in [1.165, 1.54) is 64.2 Å². The molecule has 0 aliphatic heterocycles. The first-order valence-electron chi connectivity index (χ1n) is 14.9. The number of rotatable bonds is 25. The Hall–Kier alpha value is -2.55. The van der Waals surface area contributed by atoms with E-state index in [-0.39, 0.29) is 5.76 Å². The average molecular weight is 527 g/mol. The van der Waals surface area contributed by atoms with Gasteiger partial charge in [0, 0.05) is 12.8 Å². The molecule has 0 saturated heterocycles. The Morgan fingerprint density at radius 2 is 1.32 bits per heavy atom. The van der Waals surface area contributed by atoms with Crippen molar-refractivity contribution < 1.29 is 20.1 Å². The maximum atomic E-state index is 10.5. The minimum atomic E-state index is -0.674. The summed E-state index contributed by atoms with van der Waals surface area (Å²) in [6.07, 6.45) is 40.1. The fourth-order valence-electron chi connectivity index (χ4n) is 3.89. The minimum absolute atomic E-state index is 0.205. The molecule has 4 heteroatoms. The second-order valence-electron chi connectivity index (χ2n) is 9.77. The predicted molar refractivity (Wildman–Crippen MR) is 162 cm³/mol. The Balaban J connectivity index is 3.61. The molecule has 0 aromatic carbocycles. The van der Waals surface area contributed by atoms with Crippen LogP contribution in [0, 0.1) is 0 Å². The Morgan fingerprint density at radius 1 is 0.711 bits per heavy atom. The van der Waals surface area contributed by atoms with Crippen molar-refractivity contribution in [2.24, 2.45) is 0 Å². The lowest BCUT2D eigenvalue weighted by Crippen LogP contribution is -1.98. The lowest BCUT2D eigenvalue weighted by atomic mass is 10.0. The number of aliphatic hydroxyl groups excluding tert-OH is 2. The van der Waals surface area contributed by atoms with Crippen molar-refractivity contribution in [1.82, 2.24) is 0 Å². The molecule has 1 atom stereocenters. The number of carboxylic acids is 1. The molecule has 3 N–H and O–H groups in total. The van der Waals surface area contributed by atoms with Gasteiger partial charge in [-0.1, -0.05) is 138 Å². The van der Waals surface area contributed by atoms with Gasteiger partial charge in [-0.25, -0.2) is 0 Å². The SMILES string of the molecule is CC/C=C\C[C@H](O)/C=C\C=C\C=C=C(O)C/C=C\C/C=C\CCCCCCCCCCCCCCC(=O)O. The molecular formula is C34H54O4. The normalized spacial score (nSPS) is 12.9. The Morgan fingerprint density at radius 3 is 1.95 bits per heavy atom. The number of carboxylic acid groups (broad SMARTS) is 1. The topological polar surface area (TPSA) is 77.8 Å². The summed E-state index contributed by atoms with van der Waals surface area (Å²) in [4.78, 5) is 10.5. The zero-order valence-corrected chi connectivity index (χ0v) is 23.9. The van der Waals surface area contributed by atoms with Gasteiger partial charge in [-0.05, 0) is 44.6 Å². The zero-order valence-electron chi connectivity index (χ0n) is 23.9. The van der Waals surface area contributed by atoms with Crippen LogP contribution in [0.4, 0.5) is 0 Å². The van der Waals surface area contributed by atoms with Gasteiger partial charge in [0.15, 0.2) is 0 Å². The Kier molecular flexibility index (Phi) is 27.1. The number of aliphatic carboxylic acids is 1. The van der Waals surface area contributed by atoms with E-state index >= 15 is 0 Å². The molecule has 0 bridgehead atoms. The molecule has 0 aromatic heterocycles. The van der Waals surface area contributed by atoms with Crippen LogP contribution in [0.25, 0.3) is 0 Å². The molecule has 214 valence electrons. The van der Waals surface area contributed by atoms with Gasteiger partial charge in [-0.15, -0.1) is 0 Å². The number of hydrogen-bond donors (Lipinski definition) is 3. The summed E-state index contributed by atoms with van der Waals surface area (Å²) in [5.41, 5.74) is 2.84. The highest BCUT2D eigenvalue weighted by Crippen LogP contribution is 2.13. The largest absolute Gasteiger partial charge is 0.504 e. The van der Waals surface area contributed by atoms with Crippen LogP contribution in [0.1, 0.15) is 122 Å². The summed E-state index contributed by atoms with van der Waals surface area (Å²) in [6, 6.07) is 0. The van der Waals surface area contributed by atoms with E-state index < -0.39 is 12.1 Å². The average Bonchev–Trinajstić information content (AvgIpc) is 2.89. The van der Waals surface area contributed by atoms with Crippen molar-refractivity contribution in [2.75, 3.05) is 0 Å². The monoisotopic (exact) mass is 526 g/mol. The van der Waals surface area contributed by atoms with Crippen molar-refractivity contribution in [3.8, 4) is 0 Å². The third-order valence-corrected chi connectivity index (χ3v) is 6.11. The first-order valence-corrected chi connectivity index (χ1v) is 14.9. The highest BCUT2D eigenvalue weighted by molar-refractivity contribution is 5.66. The summed E-state index contributed by atoms with van der Waals surface area (Å²) in [5, 5.41) is 28.2. The van der Waals surface area contributed by atoms with Crippen LogP contribution in [0.15, 0.2) is 78.3 Å². The van der Waals surface area contributed by atoms with Crippen LogP contribution in [0.2, 0.25) is 0 Å². The van der Waals surface area contributed by atoms with E-state index in [0.717, 1.165) is 32.1 Å². The van der Waals surface area contributed by atoms with Gasteiger partial charge in [0.05, 0.1) is 6.10 Å². The van der Waals surface area contributed by atoms with Crippen LogP contribution < -0.4 is 0 Å². The summed E-state index contributed by atoms with van der Waals surface area (Å²) >= 11 is 0. The third-order valence-electron chi connectivity index (χ3n) is 6.11. The van der Waals surface area contributed by atoms with Crippen molar-refractivity contribution in [3.05, 3.63) is 78.3 Å². The van der Waals surface area contributed by atoms with Crippen LogP contribution in [0.5, 0.6) is 0 Å². The molecule has 0 radical (unpaired) electrons. The first kappa shape index (κ1) is 35.5. The molecule has 0 aliphatic rings. The lowest BCUT2D eigenvalue weighted by Gasteiger charge is -2.02. The second kappa shape index (κ2) is 29.0. The highest BCUT2D eigenvalue weighted by Gasteiger charge is 1.97. The van der Waals surface area contributed by atoms with Crippen LogP contribution in [0.3, 0.4) is 0 Å². The molecule has 0 aromatic rings. The lowest BCUT2D eigenvalue weighted by molar-refractivity contribution is -0.137. The molecule has 0 fully saturated rings. The molecular weight excluding hydrogens is 472 g/mol. The summed E-state index contributed by atoms with van der Waals surface area (Å²) in [6.45, 7) is 2.07. The van der Waals surface area contributed by atoms with Crippen molar-refractivity contribution in [3.63, 3.8) is 0 Å². The van der Waals surface area contributed by atoms with Gasteiger partial charge in [0.2, 0.25) is 0 Å². The van der Waals surface area contributed by atoms with Gasteiger partial charge in [-0.2, -0.15) is 0 Å². The molecule has 38 heavy (non-hydrogen) atoms.